The van der Waals surface area contributed by atoms with Crippen LogP contribution in [0.5, 0.6) is 0 Å². The van der Waals surface area contributed by atoms with Crippen molar-refractivity contribution in [2.45, 2.75) is 32.6 Å². The van der Waals surface area contributed by atoms with Gasteiger partial charge in [-0.2, -0.15) is 0 Å². The van der Waals surface area contributed by atoms with E-state index in [9.17, 15) is 4.79 Å². The predicted octanol–water partition coefficient (Wildman–Crippen LogP) is 2.95. The van der Waals surface area contributed by atoms with Crippen LogP contribution in [-0.2, 0) is 11.2 Å². The summed E-state index contributed by atoms with van der Waals surface area (Å²) in [6.45, 7) is 5.97. The average molecular weight is 317 g/mol. The molecule has 2 rings (SSSR count). The molecule has 1 N–H and O–H groups in total. The Kier molecular flexibility index (Phi) is 8.19. The summed E-state index contributed by atoms with van der Waals surface area (Å²) >= 11 is 1.77. The maximum Gasteiger partial charge on any atom is 0.222 e. The second kappa shape index (κ2) is 9.37. The van der Waals surface area contributed by atoms with E-state index in [1.165, 1.54) is 11.3 Å². The van der Waals surface area contributed by atoms with Crippen LogP contribution in [-0.4, -0.2) is 37.0 Å². The van der Waals surface area contributed by atoms with E-state index in [-0.39, 0.29) is 12.4 Å². The van der Waals surface area contributed by atoms with E-state index >= 15 is 0 Å². The Morgan fingerprint density at radius 3 is 3.00 bits per heavy atom. The zero-order valence-electron chi connectivity index (χ0n) is 12.1. The van der Waals surface area contributed by atoms with E-state index in [0.29, 0.717) is 18.2 Å². The summed E-state index contributed by atoms with van der Waals surface area (Å²) in [6.07, 6.45) is 3.97. The molecule has 0 aromatic carbocycles. The zero-order valence-corrected chi connectivity index (χ0v) is 13.8. The van der Waals surface area contributed by atoms with Crippen LogP contribution in [0.25, 0.3) is 0 Å². The van der Waals surface area contributed by atoms with Crippen LogP contribution in [0.4, 0.5) is 0 Å². The van der Waals surface area contributed by atoms with Crippen molar-refractivity contribution >= 4 is 29.7 Å². The largest absolute Gasteiger partial charge is 0.343 e. The maximum atomic E-state index is 12.2. The highest BCUT2D eigenvalue weighted by atomic mass is 35.5. The van der Waals surface area contributed by atoms with Gasteiger partial charge in [0, 0.05) is 24.4 Å². The number of carbonyl (C=O) groups excluding carboxylic acids is 1. The summed E-state index contributed by atoms with van der Waals surface area (Å²) in [7, 11) is 0. The normalized spacial score (nSPS) is 17.8. The molecule has 1 fully saturated rings. The minimum atomic E-state index is 0. The molecule has 1 amide bonds. The van der Waals surface area contributed by atoms with E-state index in [4.69, 9.17) is 0 Å². The van der Waals surface area contributed by atoms with Crippen molar-refractivity contribution in [3.8, 4) is 0 Å². The third-order valence-electron chi connectivity index (χ3n) is 3.87. The summed E-state index contributed by atoms with van der Waals surface area (Å²) in [5.74, 6) is 1.03. The van der Waals surface area contributed by atoms with Crippen LogP contribution in [0, 0.1) is 5.92 Å². The molecular formula is C15H25ClN2OS. The van der Waals surface area contributed by atoms with Gasteiger partial charge in [-0.15, -0.1) is 23.7 Å². The topological polar surface area (TPSA) is 32.3 Å². The van der Waals surface area contributed by atoms with Crippen molar-refractivity contribution in [3.05, 3.63) is 22.4 Å². The van der Waals surface area contributed by atoms with Crippen LogP contribution in [0.3, 0.4) is 0 Å². The Morgan fingerprint density at radius 1 is 1.55 bits per heavy atom. The summed E-state index contributed by atoms with van der Waals surface area (Å²) < 4.78 is 0. The fourth-order valence-electron chi connectivity index (χ4n) is 2.61. The summed E-state index contributed by atoms with van der Waals surface area (Å²) in [5, 5.41) is 5.46. The van der Waals surface area contributed by atoms with Gasteiger partial charge < -0.3 is 10.2 Å². The van der Waals surface area contributed by atoms with Crippen LogP contribution >= 0.6 is 23.7 Å². The highest BCUT2D eigenvalue weighted by Gasteiger charge is 2.18. The number of halogens is 1. The lowest BCUT2D eigenvalue weighted by atomic mass is 10.0. The Hall–Kier alpha value is -0.580. The number of hydrogen-bond acceptors (Lipinski definition) is 3. The van der Waals surface area contributed by atoms with Gasteiger partial charge in [-0.3, -0.25) is 4.79 Å². The Morgan fingerprint density at radius 2 is 2.40 bits per heavy atom. The Bertz CT molecular complexity index is 377. The average Bonchev–Trinajstić information content (AvgIpc) is 3.10. The third kappa shape index (κ3) is 5.43. The van der Waals surface area contributed by atoms with E-state index in [0.717, 1.165) is 39.0 Å². The number of rotatable bonds is 7. The number of carbonyl (C=O) groups is 1. The lowest BCUT2D eigenvalue weighted by Gasteiger charge is -2.21. The van der Waals surface area contributed by atoms with Crippen LogP contribution in [0.2, 0.25) is 0 Å². The van der Waals surface area contributed by atoms with Crippen molar-refractivity contribution in [2.24, 2.45) is 5.92 Å². The maximum absolute atomic E-state index is 12.2. The molecule has 1 aliphatic rings. The van der Waals surface area contributed by atoms with Crippen molar-refractivity contribution in [1.29, 1.82) is 0 Å². The fraction of sp³-hybridized carbons (Fsp3) is 0.667. The molecule has 1 unspecified atom stereocenters. The van der Waals surface area contributed by atoms with Gasteiger partial charge in [0.2, 0.25) is 5.91 Å². The molecule has 0 saturated carbocycles. The van der Waals surface area contributed by atoms with E-state index in [1.807, 2.05) is 4.90 Å². The standard InChI is InChI=1S/C15H24N2OS.ClH/c1-2-17(10-8-14-4-3-11-19-14)15(18)6-5-13-7-9-16-12-13;/h3-4,11,13,16H,2,5-10,12H2,1H3;1H. The Balaban J connectivity index is 0.00000200. The van der Waals surface area contributed by atoms with Gasteiger partial charge in [0.15, 0.2) is 0 Å². The van der Waals surface area contributed by atoms with Crippen LogP contribution in [0.1, 0.15) is 31.1 Å². The summed E-state index contributed by atoms with van der Waals surface area (Å²) in [4.78, 5) is 15.6. The molecular weight excluding hydrogens is 292 g/mol. The minimum Gasteiger partial charge on any atom is -0.343 e. The van der Waals surface area contributed by atoms with Crippen molar-refractivity contribution in [3.63, 3.8) is 0 Å². The molecule has 1 aromatic rings. The molecule has 1 aromatic heterocycles. The second-order valence-corrected chi connectivity index (χ2v) is 6.23. The van der Waals surface area contributed by atoms with E-state index in [1.54, 1.807) is 11.3 Å². The van der Waals surface area contributed by atoms with Crippen LogP contribution in [0.15, 0.2) is 17.5 Å². The molecule has 0 spiro atoms. The van der Waals surface area contributed by atoms with Gasteiger partial charge in [0.05, 0.1) is 0 Å². The van der Waals surface area contributed by atoms with Crippen LogP contribution < -0.4 is 5.32 Å². The molecule has 3 nitrogen and oxygen atoms in total. The molecule has 20 heavy (non-hydrogen) atoms. The summed E-state index contributed by atoms with van der Waals surface area (Å²) in [5.41, 5.74) is 0. The fourth-order valence-corrected chi connectivity index (χ4v) is 3.30. The van der Waals surface area contributed by atoms with Gasteiger partial charge >= 0.3 is 0 Å². The van der Waals surface area contributed by atoms with Crippen molar-refractivity contribution in [1.82, 2.24) is 10.2 Å². The number of hydrogen-bond donors (Lipinski definition) is 1. The van der Waals surface area contributed by atoms with Gasteiger partial charge in [-0.25, -0.2) is 0 Å². The van der Waals surface area contributed by atoms with Gasteiger partial charge in [0.1, 0.15) is 0 Å². The first-order valence-electron chi connectivity index (χ1n) is 7.30. The minimum absolute atomic E-state index is 0. The molecule has 1 atom stereocenters. The smallest absolute Gasteiger partial charge is 0.222 e. The predicted molar refractivity (Wildman–Crippen MR) is 87.7 cm³/mol. The molecule has 5 heteroatoms. The molecule has 2 heterocycles. The lowest BCUT2D eigenvalue weighted by Crippen LogP contribution is -2.32. The Labute approximate surface area is 132 Å². The van der Waals surface area contributed by atoms with Gasteiger partial charge in [-0.1, -0.05) is 6.07 Å². The van der Waals surface area contributed by atoms with E-state index in [2.05, 4.69) is 29.8 Å². The first-order chi connectivity index (χ1) is 9.29. The molecule has 0 bridgehead atoms. The first-order valence-corrected chi connectivity index (χ1v) is 8.18. The van der Waals surface area contributed by atoms with E-state index < -0.39 is 0 Å². The third-order valence-corrected chi connectivity index (χ3v) is 4.81. The quantitative estimate of drug-likeness (QED) is 0.839. The molecule has 1 aliphatic heterocycles. The monoisotopic (exact) mass is 316 g/mol. The van der Waals surface area contributed by atoms with Crippen molar-refractivity contribution < 1.29 is 4.79 Å². The molecule has 0 aliphatic carbocycles. The number of likely N-dealkylation sites (N-methyl/N-ethyl adjacent to an activating group) is 1. The molecule has 114 valence electrons. The number of thiophene rings is 1. The number of nitrogens with zero attached hydrogens (tertiary/aromatic N) is 1. The second-order valence-electron chi connectivity index (χ2n) is 5.20. The SMILES string of the molecule is CCN(CCc1cccs1)C(=O)CCC1CCNC1.Cl. The highest BCUT2D eigenvalue weighted by Crippen LogP contribution is 2.16. The number of amides is 1. The lowest BCUT2D eigenvalue weighted by molar-refractivity contribution is -0.131. The molecule has 1 saturated heterocycles. The van der Waals surface area contributed by atoms with Gasteiger partial charge in [0.25, 0.3) is 0 Å². The number of nitrogens with one attached hydrogen (secondary N) is 1. The van der Waals surface area contributed by atoms with Crippen molar-refractivity contribution in [2.75, 3.05) is 26.2 Å². The first kappa shape index (κ1) is 17.5. The summed E-state index contributed by atoms with van der Waals surface area (Å²) in [6, 6.07) is 4.22. The molecule has 0 radical (unpaired) electrons. The van der Waals surface area contributed by atoms with Gasteiger partial charge in [-0.05, 0) is 56.6 Å². The zero-order chi connectivity index (χ0) is 13.5. The highest BCUT2D eigenvalue weighted by molar-refractivity contribution is 7.09.